The average molecular weight is 298 g/mol. The fourth-order valence-corrected chi connectivity index (χ4v) is 2.42. The van der Waals surface area contributed by atoms with Gasteiger partial charge in [0, 0.05) is 25.3 Å². The number of methoxy groups -OCH3 is 1. The minimum absolute atomic E-state index is 0.0155. The first-order chi connectivity index (χ1) is 10.1. The maximum Gasteiger partial charge on any atom is 0.127 e. The zero-order valence-electron chi connectivity index (χ0n) is 13.2. The van der Waals surface area contributed by atoms with E-state index in [1.54, 1.807) is 13.2 Å². The second kappa shape index (κ2) is 9.84. The molecule has 0 radical (unpaired) electrons. The van der Waals surface area contributed by atoms with Crippen LogP contribution >= 0.6 is 0 Å². The first-order valence-corrected chi connectivity index (χ1v) is 7.41. The number of nitrogens with zero attached hydrogens (tertiary/aromatic N) is 1. The normalized spacial score (nSPS) is 14.4. The lowest BCUT2D eigenvalue weighted by Crippen LogP contribution is -2.34. The lowest BCUT2D eigenvalue weighted by atomic mass is 10.0. The maximum atomic E-state index is 13.9. The molecule has 0 bridgehead atoms. The van der Waals surface area contributed by atoms with Crippen LogP contribution < -0.4 is 5.32 Å². The number of likely N-dealkylation sites (N-methyl/N-ethyl adjacent to an activating group) is 1. The van der Waals surface area contributed by atoms with E-state index in [1.807, 2.05) is 31.0 Å². The van der Waals surface area contributed by atoms with Crippen LogP contribution in [0.15, 0.2) is 24.3 Å². The van der Waals surface area contributed by atoms with Gasteiger partial charge < -0.3 is 20.1 Å². The molecule has 120 valence electrons. The molecule has 1 rings (SSSR count). The van der Waals surface area contributed by atoms with Crippen molar-refractivity contribution >= 4 is 0 Å². The molecule has 2 unspecified atom stereocenters. The third kappa shape index (κ3) is 6.52. The number of aliphatic hydroxyl groups is 1. The number of hydrogen-bond acceptors (Lipinski definition) is 4. The summed E-state index contributed by atoms with van der Waals surface area (Å²) in [7, 11) is 3.52. The van der Waals surface area contributed by atoms with E-state index in [9.17, 15) is 9.50 Å². The van der Waals surface area contributed by atoms with Crippen LogP contribution in [0.2, 0.25) is 0 Å². The fraction of sp³-hybridized carbons (Fsp3) is 0.625. The smallest absolute Gasteiger partial charge is 0.127 e. The third-order valence-corrected chi connectivity index (χ3v) is 3.41. The highest BCUT2D eigenvalue weighted by atomic mass is 19.1. The summed E-state index contributed by atoms with van der Waals surface area (Å²) in [6.45, 7) is 4.44. The number of aliphatic hydroxyl groups excluding tert-OH is 1. The van der Waals surface area contributed by atoms with Gasteiger partial charge in [-0.2, -0.15) is 0 Å². The van der Waals surface area contributed by atoms with E-state index in [-0.39, 0.29) is 11.9 Å². The first kappa shape index (κ1) is 18.0. The van der Waals surface area contributed by atoms with E-state index in [0.717, 1.165) is 19.5 Å². The van der Waals surface area contributed by atoms with E-state index in [2.05, 4.69) is 5.32 Å². The van der Waals surface area contributed by atoms with Gasteiger partial charge in [-0.1, -0.05) is 25.1 Å². The third-order valence-electron chi connectivity index (χ3n) is 3.41. The van der Waals surface area contributed by atoms with E-state index in [0.29, 0.717) is 18.7 Å². The SMILES string of the molecule is CCNC(CCN(C)CC(O)COC)c1ccccc1F. The van der Waals surface area contributed by atoms with Crippen molar-refractivity contribution in [2.24, 2.45) is 0 Å². The summed E-state index contributed by atoms with van der Waals surface area (Å²) in [5.74, 6) is -0.175. The van der Waals surface area contributed by atoms with Crippen LogP contribution in [0.25, 0.3) is 0 Å². The molecule has 0 fully saturated rings. The number of benzene rings is 1. The predicted molar refractivity (Wildman–Crippen MR) is 82.8 cm³/mol. The van der Waals surface area contributed by atoms with Crippen molar-refractivity contribution in [1.82, 2.24) is 10.2 Å². The Morgan fingerprint density at radius 1 is 1.38 bits per heavy atom. The number of halogens is 1. The second-order valence-corrected chi connectivity index (χ2v) is 5.29. The Labute approximate surface area is 126 Å². The summed E-state index contributed by atoms with van der Waals surface area (Å²) >= 11 is 0. The molecule has 0 amide bonds. The Kier molecular flexibility index (Phi) is 8.45. The maximum absolute atomic E-state index is 13.9. The molecule has 0 aromatic heterocycles. The number of hydrogen-bond donors (Lipinski definition) is 2. The minimum Gasteiger partial charge on any atom is -0.389 e. The molecule has 2 N–H and O–H groups in total. The Morgan fingerprint density at radius 3 is 2.71 bits per heavy atom. The van der Waals surface area contributed by atoms with Gasteiger partial charge in [-0.05, 0) is 32.6 Å². The predicted octanol–water partition coefficient (Wildman–Crippen LogP) is 1.81. The molecule has 0 aliphatic carbocycles. The number of rotatable bonds is 10. The first-order valence-electron chi connectivity index (χ1n) is 7.41. The van der Waals surface area contributed by atoms with Crippen molar-refractivity contribution in [2.45, 2.75) is 25.5 Å². The lowest BCUT2D eigenvalue weighted by molar-refractivity contribution is 0.0426. The van der Waals surface area contributed by atoms with Gasteiger partial charge in [0.05, 0.1) is 12.7 Å². The molecule has 0 saturated heterocycles. The molecule has 1 aromatic rings. The van der Waals surface area contributed by atoms with Gasteiger partial charge in [0.25, 0.3) is 0 Å². The summed E-state index contributed by atoms with van der Waals surface area (Å²) in [4.78, 5) is 2.04. The van der Waals surface area contributed by atoms with Gasteiger partial charge in [-0.3, -0.25) is 0 Å². The quantitative estimate of drug-likeness (QED) is 0.691. The molecule has 1 aromatic carbocycles. The van der Waals surface area contributed by atoms with E-state index >= 15 is 0 Å². The topological polar surface area (TPSA) is 44.7 Å². The van der Waals surface area contributed by atoms with Crippen molar-refractivity contribution in [3.8, 4) is 0 Å². The van der Waals surface area contributed by atoms with E-state index < -0.39 is 6.10 Å². The Morgan fingerprint density at radius 2 is 2.10 bits per heavy atom. The van der Waals surface area contributed by atoms with Crippen molar-refractivity contribution in [1.29, 1.82) is 0 Å². The van der Waals surface area contributed by atoms with Crippen molar-refractivity contribution < 1.29 is 14.2 Å². The average Bonchev–Trinajstić information content (AvgIpc) is 2.44. The van der Waals surface area contributed by atoms with Crippen LogP contribution in [0.3, 0.4) is 0 Å². The molecule has 5 heteroatoms. The van der Waals surface area contributed by atoms with Crippen molar-refractivity contribution in [3.05, 3.63) is 35.6 Å². The Balaban J connectivity index is 2.54. The standard InChI is InChI=1S/C16H27FN2O2/c1-4-18-16(14-7-5-6-8-15(14)17)9-10-19(2)11-13(20)12-21-3/h5-8,13,16,18,20H,4,9-12H2,1-3H3. The Bertz CT molecular complexity index is 404. The van der Waals surface area contributed by atoms with Crippen LogP contribution in [0.4, 0.5) is 4.39 Å². The van der Waals surface area contributed by atoms with Gasteiger partial charge in [0.2, 0.25) is 0 Å². The van der Waals surface area contributed by atoms with Gasteiger partial charge in [-0.25, -0.2) is 4.39 Å². The minimum atomic E-state index is -0.494. The molecule has 0 spiro atoms. The molecular weight excluding hydrogens is 271 g/mol. The summed E-state index contributed by atoms with van der Waals surface area (Å²) in [5, 5.41) is 13.0. The van der Waals surface area contributed by atoms with E-state index in [1.165, 1.54) is 6.07 Å². The largest absolute Gasteiger partial charge is 0.389 e. The molecule has 4 nitrogen and oxygen atoms in total. The molecule has 0 aliphatic rings. The van der Waals surface area contributed by atoms with Crippen LogP contribution in [0.1, 0.15) is 24.9 Å². The molecular formula is C16H27FN2O2. The van der Waals surface area contributed by atoms with Crippen molar-refractivity contribution in [2.75, 3.05) is 40.4 Å². The molecule has 0 aliphatic heterocycles. The number of nitrogens with one attached hydrogen (secondary N) is 1. The molecule has 21 heavy (non-hydrogen) atoms. The van der Waals surface area contributed by atoms with Crippen LogP contribution in [0.5, 0.6) is 0 Å². The van der Waals surface area contributed by atoms with Gasteiger partial charge in [-0.15, -0.1) is 0 Å². The van der Waals surface area contributed by atoms with E-state index in [4.69, 9.17) is 4.74 Å². The van der Waals surface area contributed by atoms with Gasteiger partial charge in [0.1, 0.15) is 5.82 Å². The summed E-state index contributed by atoms with van der Waals surface area (Å²) in [5.41, 5.74) is 0.699. The highest BCUT2D eigenvalue weighted by Crippen LogP contribution is 2.20. The van der Waals surface area contributed by atoms with Crippen molar-refractivity contribution in [3.63, 3.8) is 0 Å². The van der Waals surface area contributed by atoms with Gasteiger partial charge in [0.15, 0.2) is 0 Å². The second-order valence-electron chi connectivity index (χ2n) is 5.29. The zero-order valence-corrected chi connectivity index (χ0v) is 13.2. The fourth-order valence-electron chi connectivity index (χ4n) is 2.42. The van der Waals surface area contributed by atoms with Gasteiger partial charge >= 0.3 is 0 Å². The highest BCUT2D eigenvalue weighted by molar-refractivity contribution is 5.21. The monoisotopic (exact) mass is 298 g/mol. The number of ether oxygens (including phenoxy) is 1. The Hall–Kier alpha value is -1.01. The van der Waals surface area contributed by atoms with Crippen LogP contribution in [0, 0.1) is 5.82 Å². The summed E-state index contributed by atoms with van der Waals surface area (Å²) < 4.78 is 18.8. The molecule has 0 saturated carbocycles. The molecule has 0 heterocycles. The highest BCUT2D eigenvalue weighted by Gasteiger charge is 2.16. The lowest BCUT2D eigenvalue weighted by Gasteiger charge is -2.24. The van der Waals surface area contributed by atoms with Crippen LogP contribution in [-0.4, -0.2) is 56.5 Å². The molecule has 2 atom stereocenters. The summed E-state index contributed by atoms with van der Waals surface area (Å²) in [6, 6.07) is 6.86. The van der Waals surface area contributed by atoms with Crippen LogP contribution in [-0.2, 0) is 4.74 Å². The zero-order chi connectivity index (χ0) is 15.7. The summed E-state index contributed by atoms with van der Waals surface area (Å²) in [6.07, 6.45) is 0.288.